The highest BCUT2D eigenvalue weighted by atomic mass is 19.4. The van der Waals surface area contributed by atoms with Crippen molar-refractivity contribution in [1.29, 1.82) is 0 Å². The number of aliphatic carboxylic acids is 1. The number of alkyl halides is 3. The van der Waals surface area contributed by atoms with Gasteiger partial charge in [-0.3, -0.25) is 9.53 Å². The maximum atomic E-state index is 11.6. The van der Waals surface area contributed by atoms with E-state index < -0.39 is 25.0 Å². The number of hydrogen-bond donors (Lipinski definition) is 2. The molecule has 0 amide bonds. The lowest BCUT2D eigenvalue weighted by Gasteiger charge is -2.16. The lowest BCUT2D eigenvalue weighted by atomic mass is 10.0. The molecule has 0 spiro atoms. The first-order valence-electron chi connectivity index (χ1n) is 4.89. The molecule has 0 aliphatic heterocycles. The predicted octanol–water partition coefficient (Wildman–Crippen LogP) is 1.61. The third kappa shape index (κ3) is 8.49. The zero-order chi connectivity index (χ0) is 12.8. The van der Waals surface area contributed by atoms with Crippen molar-refractivity contribution in [1.82, 2.24) is 5.32 Å². The Kier molecular flexibility index (Phi) is 6.35. The Hall–Kier alpha value is -0.820. The molecule has 1 unspecified atom stereocenters. The second-order valence-corrected chi connectivity index (χ2v) is 3.77. The Morgan fingerprint density at radius 2 is 2.00 bits per heavy atom. The summed E-state index contributed by atoms with van der Waals surface area (Å²) in [4.78, 5) is 10.7. The molecule has 16 heavy (non-hydrogen) atoms. The Labute approximate surface area is 91.8 Å². The van der Waals surface area contributed by atoms with Crippen LogP contribution in [0.15, 0.2) is 0 Å². The van der Waals surface area contributed by atoms with Crippen LogP contribution < -0.4 is 5.32 Å². The summed E-state index contributed by atoms with van der Waals surface area (Å²) < 4.78 is 38.3. The highest BCUT2D eigenvalue weighted by Crippen LogP contribution is 2.15. The molecule has 1 atom stereocenters. The zero-order valence-electron chi connectivity index (χ0n) is 9.17. The highest BCUT2D eigenvalue weighted by Gasteiger charge is 2.28. The Bertz CT molecular complexity index is 219. The third-order valence-electron chi connectivity index (χ3n) is 1.76. The van der Waals surface area contributed by atoms with Crippen LogP contribution in [0.1, 0.15) is 20.3 Å². The number of nitrogens with one attached hydrogen (secondary N) is 1. The standard InChI is InChI=1S/C9H16F3NO3/c1-6(2)5-7(8(14)15)13-3-4-16-9(10,11)12/h6-7,13H,3-5H2,1-2H3,(H,14,15). The van der Waals surface area contributed by atoms with E-state index in [-0.39, 0.29) is 12.5 Å². The van der Waals surface area contributed by atoms with Crippen molar-refractivity contribution in [2.75, 3.05) is 13.2 Å². The molecule has 0 aliphatic rings. The Morgan fingerprint density at radius 3 is 2.38 bits per heavy atom. The molecule has 0 radical (unpaired) electrons. The van der Waals surface area contributed by atoms with E-state index in [1.54, 1.807) is 0 Å². The number of carboxylic acid groups (broad SMARTS) is 1. The number of ether oxygens (including phenoxy) is 1. The van der Waals surface area contributed by atoms with Crippen LogP contribution in [0.3, 0.4) is 0 Å². The number of carbonyl (C=O) groups is 1. The second kappa shape index (κ2) is 6.70. The molecule has 0 aromatic heterocycles. The summed E-state index contributed by atoms with van der Waals surface area (Å²) in [6.45, 7) is 2.93. The van der Waals surface area contributed by atoms with E-state index in [0.29, 0.717) is 6.42 Å². The van der Waals surface area contributed by atoms with Crippen molar-refractivity contribution >= 4 is 5.97 Å². The number of halogens is 3. The first-order chi connectivity index (χ1) is 7.22. The monoisotopic (exact) mass is 243 g/mol. The maximum Gasteiger partial charge on any atom is 0.522 e. The van der Waals surface area contributed by atoms with Crippen LogP contribution in [0.2, 0.25) is 0 Å². The summed E-state index contributed by atoms with van der Waals surface area (Å²) in [5.41, 5.74) is 0. The molecule has 0 heterocycles. The summed E-state index contributed by atoms with van der Waals surface area (Å²) in [7, 11) is 0. The minimum Gasteiger partial charge on any atom is -0.480 e. The van der Waals surface area contributed by atoms with Gasteiger partial charge in [0.1, 0.15) is 6.04 Å². The molecular weight excluding hydrogens is 227 g/mol. The topological polar surface area (TPSA) is 58.6 Å². The average Bonchev–Trinajstić information content (AvgIpc) is 2.07. The van der Waals surface area contributed by atoms with Gasteiger partial charge in [0.25, 0.3) is 0 Å². The van der Waals surface area contributed by atoms with Gasteiger partial charge in [-0.25, -0.2) is 0 Å². The van der Waals surface area contributed by atoms with Crippen LogP contribution in [0.25, 0.3) is 0 Å². The lowest BCUT2D eigenvalue weighted by Crippen LogP contribution is -2.40. The van der Waals surface area contributed by atoms with Crippen molar-refractivity contribution in [3.63, 3.8) is 0 Å². The van der Waals surface area contributed by atoms with Gasteiger partial charge in [-0.15, -0.1) is 13.2 Å². The summed E-state index contributed by atoms with van der Waals surface area (Å²) in [5.74, 6) is -0.919. The van der Waals surface area contributed by atoms with Crippen LogP contribution in [-0.2, 0) is 9.53 Å². The second-order valence-electron chi connectivity index (χ2n) is 3.77. The summed E-state index contributed by atoms with van der Waals surface area (Å²) >= 11 is 0. The maximum absolute atomic E-state index is 11.6. The quantitative estimate of drug-likeness (QED) is 0.667. The average molecular weight is 243 g/mol. The van der Waals surface area contributed by atoms with Crippen molar-refractivity contribution in [2.24, 2.45) is 5.92 Å². The molecular formula is C9H16F3NO3. The molecule has 2 N–H and O–H groups in total. The SMILES string of the molecule is CC(C)CC(NCCOC(F)(F)F)C(=O)O. The van der Waals surface area contributed by atoms with E-state index >= 15 is 0 Å². The van der Waals surface area contributed by atoms with Crippen LogP contribution in [-0.4, -0.2) is 36.6 Å². The summed E-state index contributed by atoms with van der Waals surface area (Å²) in [5, 5.41) is 11.3. The van der Waals surface area contributed by atoms with Crippen LogP contribution in [0.5, 0.6) is 0 Å². The van der Waals surface area contributed by atoms with Crippen molar-refractivity contribution < 1.29 is 27.8 Å². The highest BCUT2D eigenvalue weighted by molar-refractivity contribution is 5.73. The molecule has 7 heteroatoms. The predicted molar refractivity (Wildman–Crippen MR) is 50.9 cm³/mol. The van der Waals surface area contributed by atoms with Crippen molar-refractivity contribution in [2.45, 2.75) is 32.7 Å². The molecule has 96 valence electrons. The fraction of sp³-hybridized carbons (Fsp3) is 0.889. The zero-order valence-corrected chi connectivity index (χ0v) is 9.17. The molecule has 0 fully saturated rings. The minimum absolute atomic E-state index is 0.150. The van der Waals surface area contributed by atoms with Gasteiger partial charge >= 0.3 is 12.3 Å². The van der Waals surface area contributed by atoms with Crippen LogP contribution in [0, 0.1) is 5.92 Å². The number of carboxylic acids is 1. The van der Waals surface area contributed by atoms with Crippen LogP contribution in [0.4, 0.5) is 13.2 Å². The van der Waals surface area contributed by atoms with Gasteiger partial charge in [0, 0.05) is 6.54 Å². The molecule has 0 rings (SSSR count). The largest absolute Gasteiger partial charge is 0.522 e. The fourth-order valence-electron chi connectivity index (χ4n) is 1.14. The minimum atomic E-state index is -4.67. The van der Waals surface area contributed by atoms with Crippen LogP contribution >= 0.6 is 0 Å². The number of hydrogen-bond acceptors (Lipinski definition) is 3. The van der Waals surface area contributed by atoms with Crippen molar-refractivity contribution in [3.05, 3.63) is 0 Å². The Morgan fingerprint density at radius 1 is 1.44 bits per heavy atom. The smallest absolute Gasteiger partial charge is 0.480 e. The van der Waals surface area contributed by atoms with Gasteiger partial charge < -0.3 is 10.4 Å². The first-order valence-corrected chi connectivity index (χ1v) is 4.89. The van der Waals surface area contributed by atoms with Crippen molar-refractivity contribution in [3.8, 4) is 0 Å². The fourth-order valence-corrected chi connectivity index (χ4v) is 1.14. The van der Waals surface area contributed by atoms with E-state index in [1.807, 2.05) is 13.8 Å². The van der Waals surface area contributed by atoms with E-state index in [4.69, 9.17) is 5.11 Å². The molecule has 0 bridgehead atoms. The van der Waals surface area contributed by atoms with Gasteiger partial charge in [0.2, 0.25) is 0 Å². The van der Waals surface area contributed by atoms with Gasteiger partial charge in [-0.05, 0) is 12.3 Å². The van der Waals surface area contributed by atoms with Gasteiger partial charge in [0.05, 0.1) is 6.61 Å². The lowest BCUT2D eigenvalue weighted by molar-refractivity contribution is -0.323. The molecule has 0 aromatic carbocycles. The molecule has 0 saturated carbocycles. The Balaban J connectivity index is 3.82. The summed E-state index contributed by atoms with van der Waals surface area (Å²) in [6, 6.07) is -0.836. The molecule has 0 aromatic rings. The normalized spacial score (nSPS) is 14.1. The number of rotatable bonds is 7. The van der Waals surface area contributed by atoms with Gasteiger partial charge in [0.15, 0.2) is 0 Å². The third-order valence-corrected chi connectivity index (χ3v) is 1.76. The van der Waals surface area contributed by atoms with E-state index in [0.717, 1.165) is 0 Å². The van der Waals surface area contributed by atoms with E-state index in [2.05, 4.69) is 10.1 Å². The van der Waals surface area contributed by atoms with E-state index in [9.17, 15) is 18.0 Å². The van der Waals surface area contributed by atoms with E-state index in [1.165, 1.54) is 0 Å². The van der Waals surface area contributed by atoms with Gasteiger partial charge in [-0.1, -0.05) is 13.8 Å². The first kappa shape index (κ1) is 15.2. The molecule has 0 aliphatic carbocycles. The molecule has 0 saturated heterocycles. The molecule has 4 nitrogen and oxygen atoms in total. The summed E-state index contributed by atoms with van der Waals surface area (Å²) in [6.07, 6.45) is -4.31. The van der Waals surface area contributed by atoms with Gasteiger partial charge in [-0.2, -0.15) is 0 Å².